The van der Waals surface area contributed by atoms with Gasteiger partial charge in [0, 0.05) is 12.0 Å². The summed E-state index contributed by atoms with van der Waals surface area (Å²) >= 11 is 0. The van der Waals surface area contributed by atoms with E-state index in [9.17, 15) is 5.11 Å². The Morgan fingerprint density at radius 1 is 1.70 bits per heavy atom. The van der Waals surface area contributed by atoms with E-state index in [2.05, 4.69) is 12.2 Å². The van der Waals surface area contributed by atoms with E-state index < -0.39 is 0 Å². The molecule has 2 nitrogen and oxygen atoms in total. The second-order valence-corrected chi connectivity index (χ2v) is 3.50. The van der Waals surface area contributed by atoms with E-state index >= 15 is 0 Å². The highest BCUT2D eigenvalue weighted by Gasteiger charge is 2.34. The summed E-state index contributed by atoms with van der Waals surface area (Å²) in [5, 5.41) is 12.8. The van der Waals surface area contributed by atoms with Crippen LogP contribution in [-0.4, -0.2) is 24.3 Å². The third-order valence-corrected chi connectivity index (χ3v) is 2.59. The first-order valence-electron chi connectivity index (χ1n) is 4.08. The van der Waals surface area contributed by atoms with Crippen LogP contribution in [0.15, 0.2) is 0 Å². The fourth-order valence-electron chi connectivity index (χ4n) is 1.61. The zero-order valence-electron chi connectivity index (χ0n) is 6.85. The lowest BCUT2D eigenvalue weighted by molar-refractivity contribution is 0.0482. The lowest BCUT2D eigenvalue weighted by Crippen LogP contribution is -2.33. The zero-order valence-corrected chi connectivity index (χ0v) is 6.85. The molecule has 1 aliphatic rings. The lowest BCUT2D eigenvalue weighted by Gasteiger charge is -2.27. The lowest BCUT2D eigenvalue weighted by atomic mass is 9.82. The van der Waals surface area contributed by atoms with Crippen LogP contribution >= 0.6 is 0 Å². The maximum absolute atomic E-state index is 9.58. The molecule has 1 heterocycles. The van der Waals surface area contributed by atoms with Gasteiger partial charge in [0.15, 0.2) is 0 Å². The van der Waals surface area contributed by atoms with Crippen LogP contribution in [0.25, 0.3) is 0 Å². The average Bonchev–Trinajstić information content (AvgIpc) is 2.36. The van der Waals surface area contributed by atoms with Crippen LogP contribution in [0.3, 0.4) is 0 Å². The van der Waals surface area contributed by atoms with Crippen molar-refractivity contribution in [1.82, 2.24) is 5.32 Å². The van der Waals surface area contributed by atoms with Crippen molar-refractivity contribution in [2.45, 2.75) is 32.8 Å². The minimum atomic E-state index is -0.123. The molecule has 0 saturated carbocycles. The van der Waals surface area contributed by atoms with Crippen molar-refractivity contribution >= 4 is 0 Å². The molecular formula is C8H17NO. The molecule has 2 N–H and O–H groups in total. The van der Waals surface area contributed by atoms with Crippen LogP contribution in [-0.2, 0) is 0 Å². The minimum Gasteiger partial charge on any atom is -0.393 e. The van der Waals surface area contributed by atoms with Gasteiger partial charge in [-0.05, 0) is 19.4 Å². The maximum atomic E-state index is 9.58. The highest BCUT2D eigenvalue weighted by Crippen LogP contribution is 2.30. The summed E-state index contributed by atoms with van der Waals surface area (Å²) in [6.07, 6.45) is 1.86. The smallest absolute Gasteiger partial charge is 0.0603 e. The van der Waals surface area contributed by atoms with E-state index in [-0.39, 0.29) is 11.5 Å². The fourth-order valence-corrected chi connectivity index (χ4v) is 1.61. The molecule has 2 unspecified atom stereocenters. The van der Waals surface area contributed by atoms with Crippen LogP contribution < -0.4 is 5.32 Å². The number of hydrogen-bond donors (Lipinski definition) is 2. The highest BCUT2D eigenvalue weighted by molar-refractivity contribution is 4.88. The van der Waals surface area contributed by atoms with Gasteiger partial charge < -0.3 is 10.4 Å². The largest absolute Gasteiger partial charge is 0.393 e. The van der Waals surface area contributed by atoms with Crippen LogP contribution in [0.1, 0.15) is 26.7 Å². The quantitative estimate of drug-likeness (QED) is 0.598. The van der Waals surface area contributed by atoms with E-state index in [0.717, 1.165) is 25.9 Å². The Kier molecular flexibility index (Phi) is 2.32. The molecule has 0 radical (unpaired) electrons. The Bertz CT molecular complexity index is 108. The van der Waals surface area contributed by atoms with Crippen molar-refractivity contribution in [3.63, 3.8) is 0 Å². The molecular weight excluding hydrogens is 126 g/mol. The first-order valence-corrected chi connectivity index (χ1v) is 4.08. The zero-order chi connectivity index (χ0) is 7.61. The summed E-state index contributed by atoms with van der Waals surface area (Å²) < 4.78 is 0. The molecule has 1 saturated heterocycles. The summed E-state index contributed by atoms with van der Waals surface area (Å²) in [5.74, 6) is 0. The highest BCUT2D eigenvalue weighted by atomic mass is 16.3. The molecule has 1 aliphatic heterocycles. The SMILES string of the molecule is CCC(O)C1(C)CCNC1. The second-order valence-electron chi connectivity index (χ2n) is 3.50. The van der Waals surface area contributed by atoms with Crippen molar-refractivity contribution in [1.29, 1.82) is 0 Å². The van der Waals surface area contributed by atoms with Gasteiger partial charge in [-0.25, -0.2) is 0 Å². The normalized spacial score (nSPS) is 36.3. The van der Waals surface area contributed by atoms with Crippen molar-refractivity contribution in [3.05, 3.63) is 0 Å². The standard InChI is InChI=1S/C8H17NO/c1-3-7(10)8(2)4-5-9-6-8/h7,9-10H,3-6H2,1-2H3. The van der Waals surface area contributed by atoms with Crippen molar-refractivity contribution in [3.8, 4) is 0 Å². The van der Waals surface area contributed by atoms with Crippen LogP contribution in [0.4, 0.5) is 0 Å². The summed E-state index contributed by atoms with van der Waals surface area (Å²) in [6.45, 7) is 6.23. The Morgan fingerprint density at radius 2 is 2.40 bits per heavy atom. The molecule has 0 bridgehead atoms. The van der Waals surface area contributed by atoms with Gasteiger partial charge in [-0.3, -0.25) is 0 Å². The molecule has 0 aromatic rings. The first kappa shape index (κ1) is 8.02. The van der Waals surface area contributed by atoms with Gasteiger partial charge in [0.1, 0.15) is 0 Å². The summed E-state index contributed by atoms with van der Waals surface area (Å²) in [4.78, 5) is 0. The number of rotatable bonds is 2. The van der Waals surface area contributed by atoms with Gasteiger partial charge in [-0.1, -0.05) is 13.8 Å². The Balaban J connectivity index is 2.49. The second kappa shape index (κ2) is 2.89. The molecule has 0 aromatic carbocycles. The van der Waals surface area contributed by atoms with Crippen molar-refractivity contribution < 1.29 is 5.11 Å². The summed E-state index contributed by atoms with van der Waals surface area (Å²) in [6, 6.07) is 0. The maximum Gasteiger partial charge on any atom is 0.0603 e. The Labute approximate surface area is 62.6 Å². The first-order chi connectivity index (χ1) is 4.69. The van der Waals surface area contributed by atoms with E-state index in [1.165, 1.54) is 0 Å². The van der Waals surface area contributed by atoms with Gasteiger partial charge in [0.05, 0.1) is 6.10 Å². The monoisotopic (exact) mass is 143 g/mol. The number of hydrogen-bond acceptors (Lipinski definition) is 2. The molecule has 0 aromatic heterocycles. The number of aliphatic hydroxyl groups is 1. The van der Waals surface area contributed by atoms with Gasteiger partial charge >= 0.3 is 0 Å². The number of aliphatic hydroxyl groups excluding tert-OH is 1. The molecule has 2 heteroatoms. The van der Waals surface area contributed by atoms with Crippen LogP contribution in [0.5, 0.6) is 0 Å². The molecule has 0 spiro atoms. The summed E-state index contributed by atoms with van der Waals surface area (Å²) in [5.41, 5.74) is 0.148. The molecule has 1 fully saturated rings. The predicted molar refractivity (Wildman–Crippen MR) is 41.9 cm³/mol. The van der Waals surface area contributed by atoms with E-state index in [4.69, 9.17) is 0 Å². The van der Waals surface area contributed by atoms with Crippen molar-refractivity contribution in [2.75, 3.05) is 13.1 Å². The summed E-state index contributed by atoms with van der Waals surface area (Å²) in [7, 11) is 0. The average molecular weight is 143 g/mol. The fraction of sp³-hybridized carbons (Fsp3) is 1.00. The van der Waals surface area contributed by atoms with Gasteiger partial charge in [-0.15, -0.1) is 0 Å². The molecule has 0 aliphatic carbocycles. The van der Waals surface area contributed by atoms with Gasteiger partial charge in [-0.2, -0.15) is 0 Å². The number of nitrogens with one attached hydrogen (secondary N) is 1. The van der Waals surface area contributed by atoms with Gasteiger partial charge in [0.25, 0.3) is 0 Å². The molecule has 0 amide bonds. The Hall–Kier alpha value is -0.0800. The predicted octanol–water partition coefficient (Wildman–Crippen LogP) is 0.757. The van der Waals surface area contributed by atoms with E-state index in [0.29, 0.717) is 0 Å². The molecule has 10 heavy (non-hydrogen) atoms. The third-order valence-electron chi connectivity index (χ3n) is 2.59. The van der Waals surface area contributed by atoms with Gasteiger partial charge in [0.2, 0.25) is 0 Å². The van der Waals surface area contributed by atoms with E-state index in [1.54, 1.807) is 0 Å². The van der Waals surface area contributed by atoms with Crippen LogP contribution in [0, 0.1) is 5.41 Å². The topological polar surface area (TPSA) is 32.3 Å². The molecule has 1 rings (SSSR count). The van der Waals surface area contributed by atoms with Crippen molar-refractivity contribution in [2.24, 2.45) is 5.41 Å². The third kappa shape index (κ3) is 1.32. The van der Waals surface area contributed by atoms with Crippen LogP contribution in [0.2, 0.25) is 0 Å². The van der Waals surface area contributed by atoms with E-state index in [1.807, 2.05) is 6.92 Å². The Morgan fingerprint density at radius 3 is 2.80 bits per heavy atom. The minimum absolute atomic E-state index is 0.123. The molecule has 2 atom stereocenters. The molecule has 60 valence electrons.